The second-order valence-corrected chi connectivity index (χ2v) is 4.58. The Morgan fingerprint density at radius 3 is 2.50 bits per heavy atom. The van der Waals surface area contributed by atoms with Crippen molar-refractivity contribution < 1.29 is 9.77 Å². The summed E-state index contributed by atoms with van der Waals surface area (Å²) in [7, 11) is 0. The van der Waals surface area contributed by atoms with Gasteiger partial charge in [0, 0.05) is 5.33 Å². The Balaban J connectivity index is 2.83. The minimum atomic E-state index is 0.0410. The standard InChI is InChI=1S/C9H10Br2N2O/c10-5-4-8(11)9(12-14)13-6-2-1-3-7-13/h1-3,6-8H,4-5H2/p+1. The van der Waals surface area contributed by atoms with Gasteiger partial charge in [-0.1, -0.05) is 37.9 Å². The summed E-state index contributed by atoms with van der Waals surface area (Å²) in [5.74, 6) is 0.588. The Hall–Kier alpha value is -0.420. The zero-order valence-electron chi connectivity index (χ0n) is 7.48. The van der Waals surface area contributed by atoms with E-state index in [1.54, 1.807) is 4.57 Å². The van der Waals surface area contributed by atoms with Crippen LogP contribution in [0.4, 0.5) is 0 Å². The van der Waals surface area contributed by atoms with Crippen LogP contribution in [0.5, 0.6) is 0 Å². The fourth-order valence-electron chi connectivity index (χ4n) is 1.05. The van der Waals surface area contributed by atoms with Gasteiger partial charge in [-0.15, -0.1) is 0 Å². The highest BCUT2D eigenvalue weighted by molar-refractivity contribution is 9.10. The molecule has 1 aromatic heterocycles. The van der Waals surface area contributed by atoms with E-state index in [1.165, 1.54) is 0 Å². The number of hydrogen-bond donors (Lipinski definition) is 1. The maximum absolute atomic E-state index is 8.90. The van der Waals surface area contributed by atoms with Gasteiger partial charge in [0.25, 0.3) is 0 Å². The minimum Gasteiger partial charge on any atom is -0.313 e. The molecule has 5 heteroatoms. The monoisotopic (exact) mass is 321 g/mol. The molecular weight excluding hydrogens is 312 g/mol. The first-order chi connectivity index (χ1) is 6.79. The molecule has 14 heavy (non-hydrogen) atoms. The zero-order chi connectivity index (χ0) is 10.4. The third-order valence-electron chi connectivity index (χ3n) is 1.73. The van der Waals surface area contributed by atoms with E-state index in [2.05, 4.69) is 37.0 Å². The van der Waals surface area contributed by atoms with E-state index in [-0.39, 0.29) is 4.83 Å². The quantitative estimate of drug-likeness (QED) is 0.227. The van der Waals surface area contributed by atoms with E-state index in [1.807, 2.05) is 30.6 Å². The van der Waals surface area contributed by atoms with Crippen LogP contribution in [0.1, 0.15) is 6.42 Å². The molecule has 0 saturated carbocycles. The van der Waals surface area contributed by atoms with Crippen LogP contribution < -0.4 is 4.57 Å². The molecule has 0 saturated heterocycles. The maximum atomic E-state index is 8.90. The molecule has 0 aliphatic heterocycles. The Morgan fingerprint density at radius 2 is 2.00 bits per heavy atom. The molecule has 1 N–H and O–H groups in total. The Kier molecular flexibility index (Phi) is 5.11. The summed E-state index contributed by atoms with van der Waals surface area (Å²) in [6.45, 7) is 0. The summed E-state index contributed by atoms with van der Waals surface area (Å²) in [4.78, 5) is 0.0410. The molecule has 1 aromatic rings. The van der Waals surface area contributed by atoms with Gasteiger partial charge in [0.15, 0.2) is 0 Å². The first-order valence-electron chi connectivity index (χ1n) is 4.18. The highest BCUT2D eigenvalue weighted by Gasteiger charge is 2.22. The molecule has 1 heterocycles. The average molecular weight is 323 g/mol. The number of hydrogen-bond acceptors (Lipinski definition) is 2. The van der Waals surface area contributed by atoms with E-state index >= 15 is 0 Å². The Bertz CT molecular complexity index is 303. The van der Waals surface area contributed by atoms with Crippen LogP contribution in [-0.2, 0) is 0 Å². The SMILES string of the molecule is ON=C(C(Br)CCBr)[n+]1ccccc1. The van der Waals surface area contributed by atoms with E-state index in [0.29, 0.717) is 5.84 Å². The number of rotatable bonds is 3. The molecule has 0 aliphatic rings. The van der Waals surface area contributed by atoms with Gasteiger partial charge in [-0.2, -0.15) is 0 Å². The summed E-state index contributed by atoms with van der Waals surface area (Å²) >= 11 is 6.80. The summed E-state index contributed by atoms with van der Waals surface area (Å²) in [6.07, 6.45) is 4.55. The molecular formula is C9H11Br2N2O+. The predicted octanol–water partition coefficient (Wildman–Crippen LogP) is 2.16. The van der Waals surface area contributed by atoms with E-state index in [9.17, 15) is 0 Å². The third kappa shape index (κ3) is 3.06. The second kappa shape index (κ2) is 6.14. The van der Waals surface area contributed by atoms with Crippen molar-refractivity contribution in [2.75, 3.05) is 5.33 Å². The lowest BCUT2D eigenvalue weighted by molar-refractivity contribution is -0.558. The van der Waals surface area contributed by atoms with Gasteiger partial charge in [-0.25, -0.2) is 4.57 Å². The summed E-state index contributed by atoms with van der Waals surface area (Å²) < 4.78 is 1.78. The smallest absolute Gasteiger partial charge is 0.313 e. The molecule has 1 unspecified atom stereocenters. The van der Waals surface area contributed by atoms with Gasteiger partial charge >= 0.3 is 5.84 Å². The van der Waals surface area contributed by atoms with Gasteiger partial charge in [0.05, 0.1) is 12.4 Å². The molecule has 0 amide bonds. The molecule has 1 atom stereocenters. The first kappa shape index (κ1) is 11.7. The molecule has 0 radical (unpaired) electrons. The number of nitrogens with zero attached hydrogens (tertiary/aromatic N) is 2. The first-order valence-corrected chi connectivity index (χ1v) is 6.22. The van der Waals surface area contributed by atoms with Crippen molar-refractivity contribution >= 4 is 37.7 Å². The van der Waals surface area contributed by atoms with Crippen LogP contribution >= 0.6 is 31.9 Å². The Morgan fingerprint density at radius 1 is 1.36 bits per heavy atom. The van der Waals surface area contributed by atoms with Crippen molar-refractivity contribution in [1.29, 1.82) is 0 Å². The molecule has 0 aromatic carbocycles. The number of oxime groups is 1. The summed E-state index contributed by atoms with van der Waals surface area (Å²) in [5.41, 5.74) is 0. The van der Waals surface area contributed by atoms with E-state index in [0.717, 1.165) is 11.8 Å². The number of alkyl halides is 2. The van der Waals surface area contributed by atoms with Crippen molar-refractivity contribution in [2.24, 2.45) is 5.16 Å². The van der Waals surface area contributed by atoms with Crippen molar-refractivity contribution in [1.82, 2.24) is 0 Å². The van der Waals surface area contributed by atoms with Gasteiger partial charge < -0.3 is 5.21 Å². The molecule has 0 bridgehead atoms. The fraction of sp³-hybridized carbons (Fsp3) is 0.333. The molecule has 3 nitrogen and oxygen atoms in total. The van der Waals surface area contributed by atoms with Gasteiger partial charge in [-0.3, -0.25) is 0 Å². The summed E-state index contributed by atoms with van der Waals surface area (Å²) in [6, 6.07) is 5.69. The topological polar surface area (TPSA) is 36.5 Å². The highest BCUT2D eigenvalue weighted by atomic mass is 79.9. The van der Waals surface area contributed by atoms with Crippen LogP contribution in [0.2, 0.25) is 0 Å². The molecule has 76 valence electrons. The lowest BCUT2D eigenvalue weighted by Gasteiger charge is -2.03. The van der Waals surface area contributed by atoms with Crippen LogP contribution in [-0.4, -0.2) is 21.2 Å². The molecule has 1 rings (SSSR count). The largest absolute Gasteiger partial charge is 0.363 e. The van der Waals surface area contributed by atoms with E-state index in [4.69, 9.17) is 5.21 Å². The van der Waals surface area contributed by atoms with Gasteiger partial charge in [0.1, 0.15) is 9.98 Å². The van der Waals surface area contributed by atoms with Gasteiger partial charge in [-0.05, 0) is 18.6 Å². The lowest BCUT2D eigenvalue weighted by atomic mass is 10.3. The number of pyridine rings is 1. The lowest BCUT2D eigenvalue weighted by Crippen LogP contribution is -2.47. The predicted molar refractivity (Wildman–Crippen MR) is 62.4 cm³/mol. The maximum Gasteiger partial charge on any atom is 0.363 e. The second-order valence-electron chi connectivity index (χ2n) is 2.69. The molecule has 0 aliphatic carbocycles. The Labute approximate surface area is 99.7 Å². The van der Waals surface area contributed by atoms with Crippen molar-refractivity contribution in [3.63, 3.8) is 0 Å². The van der Waals surface area contributed by atoms with Crippen LogP contribution in [0.3, 0.4) is 0 Å². The van der Waals surface area contributed by atoms with Gasteiger partial charge in [0.2, 0.25) is 0 Å². The molecule has 0 spiro atoms. The highest BCUT2D eigenvalue weighted by Crippen LogP contribution is 2.07. The fourth-order valence-corrected chi connectivity index (χ4v) is 2.68. The molecule has 0 fully saturated rings. The minimum absolute atomic E-state index is 0.0410. The third-order valence-corrected chi connectivity index (χ3v) is 3.05. The average Bonchev–Trinajstić information content (AvgIpc) is 2.21. The van der Waals surface area contributed by atoms with Crippen LogP contribution in [0, 0.1) is 0 Å². The summed E-state index contributed by atoms with van der Waals surface area (Å²) in [5, 5.41) is 13.0. The zero-order valence-corrected chi connectivity index (χ0v) is 10.6. The van der Waals surface area contributed by atoms with Crippen LogP contribution in [0.15, 0.2) is 35.7 Å². The van der Waals surface area contributed by atoms with Crippen molar-refractivity contribution in [3.8, 4) is 0 Å². The number of aromatic nitrogens is 1. The van der Waals surface area contributed by atoms with Crippen molar-refractivity contribution in [2.45, 2.75) is 11.2 Å². The van der Waals surface area contributed by atoms with E-state index < -0.39 is 0 Å². The number of halogens is 2. The van der Waals surface area contributed by atoms with Crippen LogP contribution in [0.25, 0.3) is 0 Å². The normalized spacial score (nSPS) is 14.0. The van der Waals surface area contributed by atoms with Crippen molar-refractivity contribution in [3.05, 3.63) is 30.6 Å².